The molecule has 0 saturated carbocycles. The molecule has 1 amide bonds. The predicted octanol–water partition coefficient (Wildman–Crippen LogP) is 3.13. The van der Waals surface area contributed by atoms with Crippen LogP contribution < -0.4 is 15.4 Å². The molecule has 146 valence electrons. The Labute approximate surface area is 166 Å². The lowest BCUT2D eigenvalue weighted by Gasteiger charge is -2.25. The van der Waals surface area contributed by atoms with Crippen molar-refractivity contribution in [3.8, 4) is 5.75 Å². The van der Waals surface area contributed by atoms with E-state index in [-0.39, 0.29) is 11.3 Å². The third-order valence-electron chi connectivity index (χ3n) is 4.60. The van der Waals surface area contributed by atoms with E-state index in [1.807, 2.05) is 36.4 Å². The molecule has 8 nitrogen and oxygen atoms in total. The molecule has 29 heavy (non-hydrogen) atoms. The molecule has 3 aromatic rings. The highest BCUT2D eigenvalue weighted by Gasteiger charge is 2.30. The summed E-state index contributed by atoms with van der Waals surface area (Å²) in [6, 6.07) is 15.7. The zero-order valence-corrected chi connectivity index (χ0v) is 15.5. The fraction of sp³-hybridized carbons (Fsp3) is 0.0952. The summed E-state index contributed by atoms with van der Waals surface area (Å²) in [4.78, 5) is 24.5. The number of carbonyl (C=O) groups excluding carboxylic acids is 1. The van der Waals surface area contributed by atoms with E-state index in [0.29, 0.717) is 17.3 Å². The Bertz CT molecular complexity index is 1100. The molecule has 0 fully saturated rings. The van der Waals surface area contributed by atoms with Crippen molar-refractivity contribution >= 4 is 23.4 Å². The predicted molar refractivity (Wildman–Crippen MR) is 107 cm³/mol. The second-order valence-corrected chi connectivity index (χ2v) is 6.37. The maximum absolute atomic E-state index is 12.8. The van der Waals surface area contributed by atoms with Crippen LogP contribution in [-0.2, 0) is 4.79 Å². The van der Waals surface area contributed by atoms with Crippen LogP contribution >= 0.6 is 0 Å². The fourth-order valence-electron chi connectivity index (χ4n) is 3.24. The quantitative estimate of drug-likeness (QED) is 0.618. The molecule has 8 heteroatoms. The maximum Gasteiger partial charge on any atom is 0.352 e. The molecule has 0 saturated heterocycles. The molecule has 4 rings (SSSR count). The number of carboxylic acid groups (broad SMARTS) is 1. The van der Waals surface area contributed by atoms with Gasteiger partial charge in [-0.3, -0.25) is 4.79 Å². The van der Waals surface area contributed by atoms with Gasteiger partial charge in [-0.15, -0.1) is 0 Å². The highest BCUT2D eigenvalue weighted by molar-refractivity contribution is 6.08. The molecule has 0 radical (unpaired) electrons. The van der Waals surface area contributed by atoms with Gasteiger partial charge in [0.1, 0.15) is 28.9 Å². The summed E-state index contributed by atoms with van der Waals surface area (Å²) >= 11 is 0. The summed E-state index contributed by atoms with van der Waals surface area (Å²) in [6.07, 6.45) is 2.96. The first-order valence-corrected chi connectivity index (χ1v) is 8.87. The average Bonchev–Trinajstić information content (AvgIpc) is 3.18. The Morgan fingerprint density at radius 1 is 1.14 bits per heavy atom. The lowest BCUT2D eigenvalue weighted by molar-refractivity contribution is -0.132. The second-order valence-electron chi connectivity index (χ2n) is 6.37. The number of aliphatic carboxylic acids is 1. The summed E-state index contributed by atoms with van der Waals surface area (Å²) in [5.74, 6) is -0.631. The largest absolute Gasteiger partial charge is 0.496 e. The van der Waals surface area contributed by atoms with Crippen LogP contribution in [-0.4, -0.2) is 33.9 Å². The first kappa shape index (κ1) is 18.3. The van der Waals surface area contributed by atoms with Gasteiger partial charge in [0.2, 0.25) is 0 Å². The topological polar surface area (TPSA) is 105 Å². The van der Waals surface area contributed by atoms with E-state index in [9.17, 15) is 14.7 Å². The minimum atomic E-state index is -1.13. The Morgan fingerprint density at radius 2 is 1.86 bits per heavy atom. The molecule has 1 aromatic heterocycles. The number of nitrogens with zero attached hydrogens (tertiary/aromatic N) is 2. The summed E-state index contributed by atoms with van der Waals surface area (Å²) in [5, 5.41) is 19.5. The zero-order chi connectivity index (χ0) is 20.4. The van der Waals surface area contributed by atoms with Crippen molar-refractivity contribution in [2.24, 2.45) is 0 Å². The minimum absolute atomic E-state index is 0.0392. The number of ether oxygens (including phenoxy) is 1. The number of fused-ring (bicyclic) bond motifs is 1. The molecule has 0 spiro atoms. The molecule has 2 heterocycles. The number of para-hydroxylation sites is 2. The van der Waals surface area contributed by atoms with E-state index in [1.165, 1.54) is 6.20 Å². The molecular formula is C21H18N4O4. The number of amides is 1. The highest BCUT2D eigenvalue weighted by atomic mass is 16.5. The first-order valence-electron chi connectivity index (χ1n) is 8.87. The van der Waals surface area contributed by atoms with Crippen molar-refractivity contribution in [3.05, 3.63) is 83.7 Å². The average molecular weight is 390 g/mol. The highest BCUT2D eigenvalue weighted by Crippen LogP contribution is 2.36. The van der Waals surface area contributed by atoms with Crippen LogP contribution in [0.5, 0.6) is 5.75 Å². The number of nitrogens with one attached hydrogen (secondary N) is 2. The van der Waals surface area contributed by atoms with Crippen molar-refractivity contribution in [1.29, 1.82) is 0 Å². The van der Waals surface area contributed by atoms with E-state index < -0.39 is 17.9 Å². The molecule has 3 N–H and O–H groups in total. The van der Waals surface area contributed by atoms with Crippen LogP contribution in [0, 0.1) is 0 Å². The molecule has 1 aliphatic heterocycles. The van der Waals surface area contributed by atoms with Crippen molar-refractivity contribution in [2.75, 3.05) is 17.7 Å². The number of hydrogen-bond donors (Lipinski definition) is 3. The number of carboxylic acids is 1. The Balaban J connectivity index is 1.76. The summed E-state index contributed by atoms with van der Waals surface area (Å²) in [5.41, 5.74) is 1.56. The number of carbonyl (C=O) groups is 2. The number of allylic oxidation sites excluding steroid dienone is 1. The molecule has 1 atom stereocenters. The van der Waals surface area contributed by atoms with Gasteiger partial charge < -0.3 is 20.5 Å². The van der Waals surface area contributed by atoms with E-state index in [1.54, 1.807) is 36.1 Å². The van der Waals surface area contributed by atoms with Crippen molar-refractivity contribution in [3.63, 3.8) is 0 Å². The number of hydrogen-bond acceptors (Lipinski definition) is 5. The number of methoxy groups -OCH3 is 1. The number of aromatic nitrogens is 2. The van der Waals surface area contributed by atoms with E-state index in [4.69, 9.17) is 4.74 Å². The normalized spacial score (nSPS) is 14.9. The van der Waals surface area contributed by atoms with E-state index in [2.05, 4.69) is 15.7 Å². The summed E-state index contributed by atoms with van der Waals surface area (Å²) < 4.78 is 7.00. The van der Waals surface area contributed by atoms with Crippen LogP contribution in [0.4, 0.5) is 11.5 Å². The van der Waals surface area contributed by atoms with Gasteiger partial charge in [0.15, 0.2) is 0 Å². The van der Waals surface area contributed by atoms with Gasteiger partial charge in [-0.25, -0.2) is 9.48 Å². The second kappa shape index (κ2) is 7.51. The molecule has 2 aromatic carbocycles. The third kappa shape index (κ3) is 3.43. The molecular weight excluding hydrogens is 372 g/mol. The van der Waals surface area contributed by atoms with Gasteiger partial charge in [0.05, 0.1) is 13.3 Å². The molecule has 1 aliphatic rings. The SMILES string of the molecule is COc1ccccc1C1C=C(C(=O)O)Nc2c(C(=O)Nc3ccccc3)cnn21. The van der Waals surface area contributed by atoms with Gasteiger partial charge in [-0.05, 0) is 24.3 Å². The van der Waals surface area contributed by atoms with Crippen LogP contribution in [0.1, 0.15) is 22.0 Å². The fourth-order valence-corrected chi connectivity index (χ4v) is 3.24. The van der Waals surface area contributed by atoms with Crippen LogP contribution in [0.25, 0.3) is 0 Å². The van der Waals surface area contributed by atoms with Crippen molar-refractivity contribution in [2.45, 2.75) is 6.04 Å². The number of rotatable bonds is 5. The van der Waals surface area contributed by atoms with Crippen LogP contribution in [0.3, 0.4) is 0 Å². The van der Waals surface area contributed by atoms with Gasteiger partial charge in [-0.2, -0.15) is 5.10 Å². The Kier molecular flexibility index (Phi) is 4.74. The van der Waals surface area contributed by atoms with Gasteiger partial charge >= 0.3 is 5.97 Å². The molecule has 0 aliphatic carbocycles. The monoisotopic (exact) mass is 390 g/mol. The van der Waals surface area contributed by atoms with Crippen molar-refractivity contribution in [1.82, 2.24) is 9.78 Å². The van der Waals surface area contributed by atoms with Crippen LogP contribution in [0.2, 0.25) is 0 Å². The lowest BCUT2D eigenvalue weighted by atomic mass is 10.0. The van der Waals surface area contributed by atoms with Gasteiger partial charge in [0.25, 0.3) is 5.91 Å². The Morgan fingerprint density at radius 3 is 2.59 bits per heavy atom. The summed E-state index contributed by atoms with van der Waals surface area (Å²) in [7, 11) is 1.55. The minimum Gasteiger partial charge on any atom is -0.496 e. The van der Waals surface area contributed by atoms with E-state index >= 15 is 0 Å². The smallest absolute Gasteiger partial charge is 0.352 e. The van der Waals surface area contributed by atoms with Gasteiger partial charge in [0, 0.05) is 11.3 Å². The Hall–Kier alpha value is -4.07. The third-order valence-corrected chi connectivity index (χ3v) is 4.60. The maximum atomic E-state index is 12.8. The molecule has 0 bridgehead atoms. The zero-order valence-electron chi connectivity index (χ0n) is 15.5. The lowest BCUT2D eigenvalue weighted by Crippen LogP contribution is -2.26. The number of anilines is 2. The molecule has 1 unspecified atom stereocenters. The summed E-state index contributed by atoms with van der Waals surface area (Å²) in [6.45, 7) is 0. The van der Waals surface area contributed by atoms with Crippen LogP contribution in [0.15, 0.2) is 72.6 Å². The standard InChI is InChI=1S/C21H18N4O4/c1-29-18-10-6-5-9-14(18)17-11-16(21(27)28)24-19-15(12-22-25(17)19)20(26)23-13-7-3-2-4-8-13/h2-12,17,24H,1H3,(H,23,26)(H,27,28). The van der Waals surface area contributed by atoms with Crippen molar-refractivity contribution < 1.29 is 19.4 Å². The van der Waals surface area contributed by atoms with Gasteiger partial charge in [-0.1, -0.05) is 36.4 Å². The number of benzene rings is 2. The van der Waals surface area contributed by atoms with E-state index in [0.717, 1.165) is 5.56 Å². The first-order chi connectivity index (χ1) is 14.1.